The number of hydrogen-bond donors (Lipinski definition) is 4. The van der Waals surface area contributed by atoms with E-state index in [0.29, 0.717) is 87.1 Å². The molecule has 2 aromatic carbocycles. The minimum atomic E-state index is -4.12. The summed E-state index contributed by atoms with van der Waals surface area (Å²) in [6, 6.07) is 15.7. The van der Waals surface area contributed by atoms with E-state index in [0.717, 1.165) is 9.87 Å². The second-order valence-corrected chi connectivity index (χ2v) is 30.3. The van der Waals surface area contributed by atoms with Crippen LogP contribution >= 0.6 is 23.5 Å². The van der Waals surface area contributed by atoms with E-state index in [1.807, 2.05) is 13.8 Å². The van der Waals surface area contributed by atoms with Gasteiger partial charge in [-0.1, -0.05) is 24.3 Å². The van der Waals surface area contributed by atoms with E-state index in [9.17, 15) is 42.0 Å². The van der Waals surface area contributed by atoms with Gasteiger partial charge in [-0.05, 0) is 148 Å². The lowest BCUT2D eigenvalue weighted by molar-refractivity contribution is -0.160. The summed E-state index contributed by atoms with van der Waals surface area (Å²) in [5.41, 5.74) is 0.747. The van der Waals surface area contributed by atoms with Crippen LogP contribution in [0.3, 0.4) is 0 Å². The lowest BCUT2D eigenvalue weighted by Gasteiger charge is -2.36. The van der Waals surface area contributed by atoms with Crippen molar-refractivity contribution in [3.05, 3.63) is 109 Å². The molecule has 4 aliphatic rings. The van der Waals surface area contributed by atoms with E-state index in [1.54, 1.807) is 160 Å². The van der Waals surface area contributed by atoms with Crippen LogP contribution in [0.2, 0.25) is 0 Å². The van der Waals surface area contributed by atoms with Gasteiger partial charge in [0.1, 0.15) is 40.3 Å². The van der Waals surface area contributed by atoms with E-state index < -0.39 is 72.7 Å². The van der Waals surface area contributed by atoms with Gasteiger partial charge in [-0.25, -0.2) is 27.6 Å². The zero-order valence-corrected chi connectivity index (χ0v) is 55.2. The average Bonchev–Trinajstić information content (AvgIpc) is 1.74. The van der Waals surface area contributed by atoms with Crippen LogP contribution in [-0.2, 0) is 68.8 Å². The summed E-state index contributed by atoms with van der Waals surface area (Å²) in [6.45, 7) is 20.2. The predicted molar refractivity (Wildman–Crippen MR) is 340 cm³/mol. The van der Waals surface area contributed by atoms with Crippen LogP contribution in [0, 0.1) is 5.92 Å². The Balaban J connectivity index is 0.00000558. The summed E-state index contributed by atoms with van der Waals surface area (Å²) in [4.78, 5) is 115. The number of hydroxylamine groups is 2. The van der Waals surface area contributed by atoms with Crippen molar-refractivity contribution < 1.29 is 60.5 Å². The number of likely N-dealkylation sites (tertiary alicyclic amines) is 1. The summed E-state index contributed by atoms with van der Waals surface area (Å²) in [7, 11) is -4.12. The van der Waals surface area contributed by atoms with Crippen molar-refractivity contribution in [3.63, 3.8) is 0 Å². The van der Waals surface area contributed by atoms with Crippen LogP contribution in [0.15, 0.2) is 102 Å². The molecule has 89 heavy (non-hydrogen) atoms. The monoisotopic (exact) mass is 1300 g/mol. The number of rotatable bonds is 18. The number of nitrogens with zero attached hydrogens (tertiary/aromatic N) is 7. The maximum absolute atomic E-state index is 14.1. The number of thioether (sulfide) groups is 2. The summed E-state index contributed by atoms with van der Waals surface area (Å²) in [5.74, 6) is -1.29. The third kappa shape index (κ3) is 19.0. The van der Waals surface area contributed by atoms with Crippen LogP contribution in [0.5, 0.6) is 5.75 Å². The number of ether oxygens (including phenoxy) is 2. The highest BCUT2D eigenvalue weighted by molar-refractivity contribution is 8.02. The van der Waals surface area contributed by atoms with Gasteiger partial charge in [0, 0.05) is 98.0 Å². The first-order valence-electron chi connectivity index (χ1n) is 29.3. The van der Waals surface area contributed by atoms with Crippen molar-refractivity contribution in [2.24, 2.45) is 5.92 Å². The Morgan fingerprint density at radius 3 is 1.54 bits per heavy atom. The Kier molecular flexibility index (Phi) is 23.2. The third-order valence-corrected chi connectivity index (χ3v) is 19.9. The SMILES string of the molecule is CC(C)(C)OC(=O)[C@H](Cc1ccc(NC(=O)N2CCC(CC(=O)N3CCN(C(=O)Nc4ccc(C[C@H](NC(=O)[C@H]5N(S(=O)(=O)c6cccnc6)CSC5(C)C)C(=O)OC(C)(C)C)cc4)CC3)CC2)cc1)NC(=O)[C@H]1N(Oc2cccnc2)CSC1(C)C.O=S. The highest BCUT2D eigenvalue weighted by Gasteiger charge is 2.52. The number of benzene rings is 2. The molecule has 6 heterocycles. The fourth-order valence-electron chi connectivity index (χ4n) is 10.6. The maximum Gasteiger partial charge on any atom is 0.329 e. The lowest BCUT2D eigenvalue weighted by atomic mass is 9.93. The zero-order valence-electron chi connectivity index (χ0n) is 51.9. The highest BCUT2D eigenvalue weighted by atomic mass is 32.2. The van der Waals surface area contributed by atoms with Crippen LogP contribution in [0.25, 0.3) is 0 Å². The lowest BCUT2D eigenvalue weighted by Crippen LogP contribution is -2.57. The van der Waals surface area contributed by atoms with Gasteiger partial charge in [0.25, 0.3) is 0 Å². The van der Waals surface area contributed by atoms with Crippen LogP contribution < -0.4 is 26.1 Å². The molecule has 4 saturated heterocycles. The smallest absolute Gasteiger partial charge is 0.329 e. The third-order valence-electron chi connectivity index (χ3n) is 15.2. The number of aromatic nitrogens is 2. The molecular weight excluding hydrogens is 1220 g/mol. The summed E-state index contributed by atoms with van der Waals surface area (Å²) < 4.78 is 46.6. The number of piperidine rings is 1. The van der Waals surface area contributed by atoms with Gasteiger partial charge < -0.3 is 50.3 Å². The summed E-state index contributed by atoms with van der Waals surface area (Å²) in [5, 5.41) is 13.3. The van der Waals surface area contributed by atoms with Gasteiger partial charge in [0.2, 0.25) is 27.7 Å². The Hall–Kier alpha value is -6.98. The molecule has 4 atom stereocenters. The molecule has 4 N–H and O–H groups in total. The van der Waals surface area contributed by atoms with Gasteiger partial charge >= 0.3 is 24.0 Å². The molecule has 0 unspecified atom stereocenters. The quantitative estimate of drug-likeness (QED) is 0.0765. The largest absolute Gasteiger partial charge is 0.458 e. The number of hydrogen-bond acceptors (Lipinski definition) is 19. The molecule has 28 heteroatoms. The summed E-state index contributed by atoms with van der Waals surface area (Å²) in [6.07, 6.45) is 7.67. The number of pyridine rings is 2. The van der Waals surface area contributed by atoms with Crippen LogP contribution in [0.4, 0.5) is 21.0 Å². The van der Waals surface area contributed by atoms with Crippen molar-refractivity contribution in [2.45, 2.75) is 151 Å². The molecule has 24 nitrogen and oxygen atoms in total. The Labute approximate surface area is 534 Å². The predicted octanol–water partition coefficient (Wildman–Crippen LogP) is 6.58. The minimum absolute atomic E-state index is 0.000815. The van der Waals surface area contributed by atoms with Crippen molar-refractivity contribution in [3.8, 4) is 5.75 Å². The number of nitrogens with one attached hydrogen (secondary N) is 4. The van der Waals surface area contributed by atoms with Crippen LogP contribution in [0.1, 0.15) is 99.6 Å². The van der Waals surface area contributed by atoms with Crippen LogP contribution in [-0.4, -0.2) is 184 Å². The van der Waals surface area contributed by atoms with E-state index in [1.165, 1.54) is 36.3 Å². The first kappa shape index (κ1) is 69.5. The standard InChI is InChI=1S/C61H81N11O12S3.OS/c1-58(2,3)82-54(76)47(66-52(74)50-60(7,8)85-38-71(50)84-45-13-11-25-62-36-45)33-40-15-19-43(20-16-40)64-56(78)69-27-23-42(24-28-69)35-49(73)68-29-31-70(32-30-68)57(79)65-44-21-17-41(18-22-44)34-48(55(77)83-59(4,5)6)67-53(75)51-61(9,10)86-39-72(51)87(80,81)46-14-12-26-63-37-46;1-2/h11-22,25-26,36-37,42,47-48,50-51H,23-24,27-35,38-39H2,1-10H3,(H,64,78)(H,65,79)(H,66,74)(H,67,75);/t47-,48-,50+,51+;/m0./s1. The molecule has 0 radical (unpaired) electrons. The van der Waals surface area contributed by atoms with Crippen molar-refractivity contribution in [2.75, 3.05) is 61.7 Å². The molecule has 0 spiro atoms. The molecule has 0 bridgehead atoms. The molecule has 482 valence electrons. The number of carbonyl (C=O) groups excluding carboxylic acids is 7. The van der Waals surface area contributed by atoms with Gasteiger partial charge in [0.05, 0.1) is 18.0 Å². The number of amides is 7. The van der Waals surface area contributed by atoms with E-state index in [2.05, 4.69) is 43.8 Å². The number of anilines is 2. The molecule has 4 aromatic rings. The van der Waals surface area contributed by atoms with Crippen molar-refractivity contribution >= 4 is 99.2 Å². The number of urea groups is 2. The number of sulfonamides is 1. The number of carbonyl (C=O) groups is 7. The van der Waals surface area contributed by atoms with Crippen molar-refractivity contribution in [1.29, 1.82) is 0 Å². The average molecular weight is 1300 g/mol. The van der Waals surface area contributed by atoms with Gasteiger partial charge in [-0.3, -0.25) is 24.4 Å². The Bertz CT molecular complexity index is 3230. The topological polar surface area (TPSA) is 288 Å². The fourth-order valence-corrected chi connectivity index (χ4v) is 14.8. The number of piperazine rings is 1. The molecular formula is C61H81N11O13S4. The molecule has 4 fully saturated rings. The number of esters is 2. The Morgan fingerprint density at radius 2 is 1.07 bits per heavy atom. The van der Waals surface area contributed by atoms with Crippen molar-refractivity contribution in [1.82, 2.24) is 44.7 Å². The second-order valence-electron chi connectivity index (χ2n) is 25.2. The normalized spacial score (nSPS) is 19.6. The molecule has 4 aliphatic heterocycles. The van der Waals surface area contributed by atoms with Gasteiger partial charge in [-0.2, -0.15) is 8.51 Å². The highest BCUT2D eigenvalue weighted by Crippen LogP contribution is 2.43. The van der Waals surface area contributed by atoms with Gasteiger partial charge in [0.15, 0.2) is 18.3 Å². The van der Waals surface area contributed by atoms with Gasteiger partial charge in [-0.15, -0.1) is 28.6 Å². The van der Waals surface area contributed by atoms with E-state index in [4.69, 9.17) is 18.5 Å². The molecule has 8 rings (SSSR count). The summed E-state index contributed by atoms with van der Waals surface area (Å²) >= 11 is 5.70. The first-order chi connectivity index (χ1) is 41.9. The minimum Gasteiger partial charge on any atom is -0.458 e. The van der Waals surface area contributed by atoms with E-state index >= 15 is 0 Å². The van der Waals surface area contributed by atoms with E-state index in [-0.39, 0.29) is 53.4 Å². The maximum atomic E-state index is 14.1. The zero-order chi connectivity index (χ0) is 65.1. The fraction of sp³-hybridized carbons (Fsp3) is 0.525. The molecule has 0 aliphatic carbocycles. The molecule has 0 saturated carbocycles. The first-order valence-corrected chi connectivity index (χ1v) is 33.0. The second kappa shape index (κ2) is 29.8. The molecule has 7 amide bonds. The molecule has 2 aromatic heterocycles. The Morgan fingerprint density at radius 1 is 0.618 bits per heavy atom.